The fraction of sp³-hybridized carbons (Fsp3) is 0.733. The summed E-state index contributed by atoms with van der Waals surface area (Å²) in [7, 11) is 1.83. The molecule has 1 aromatic heterocycles. The molecule has 2 rings (SSSR count). The molecule has 0 aromatic carbocycles. The Bertz CT molecular complexity index is 397. The van der Waals surface area contributed by atoms with Gasteiger partial charge in [-0.05, 0) is 60.1 Å². The molecule has 0 spiro atoms. The summed E-state index contributed by atoms with van der Waals surface area (Å²) in [6.45, 7) is 5.35. The zero-order chi connectivity index (χ0) is 13.9. The Hall–Kier alpha value is -0.320. The molecule has 1 aromatic rings. The molecule has 0 saturated heterocycles. The minimum atomic E-state index is -0.150. The lowest BCUT2D eigenvalue weighted by molar-refractivity contribution is -0.0802. The molecule has 0 radical (unpaired) electrons. The summed E-state index contributed by atoms with van der Waals surface area (Å²) in [5, 5.41) is 3.55. The predicted molar refractivity (Wildman–Crippen MR) is 80.2 cm³/mol. The van der Waals surface area contributed by atoms with Crippen LogP contribution in [0.2, 0.25) is 0 Å². The fourth-order valence-electron chi connectivity index (χ4n) is 3.09. The highest BCUT2D eigenvalue weighted by Gasteiger charge is 2.44. The SMILES string of the molecule is CCNC(c1occc1Br)C1(OC)CCC(C)CC1. The number of rotatable bonds is 5. The summed E-state index contributed by atoms with van der Waals surface area (Å²) in [5.74, 6) is 1.75. The Morgan fingerprint density at radius 2 is 2.21 bits per heavy atom. The third-order valence-electron chi connectivity index (χ3n) is 4.37. The molecule has 1 fully saturated rings. The quantitative estimate of drug-likeness (QED) is 0.875. The highest BCUT2D eigenvalue weighted by atomic mass is 79.9. The molecule has 0 amide bonds. The average Bonchev–Trinajstić information content (AvgIpc) is 2.84. The summed E-state index contributed by atoms with van der Waals surface area (Å²) in [6, 6.07) is 2.06. The van der Waals surface area contributed by atoms with Crippen molar-refractivity contribution in [2.24, 2.45) is 5.92 Å². The van der Waals surface area contributed by atoms with Crippen LogP contribution in [0.5, 0.6) is 0 Å². The molecule has 1 atom stereocenters. The minimum Gasteiger partial charge on any atom is -0.466 e. The largest absolute Gasteiger partial charge is 0.466 e. The topological polar surface area (TPSA) is 34.4 Å². The Morgan fingerprint density at radius 1 is 1.53 bits per heavy atom. The maximum atomic E-state index is 5.98. The Labute approximate surface area is 124 Å². The summed E-state index contributed by atoms with van der Waals surface area (Å²) in [4.78, 5) is 0. The van der Waals surface area contributed by atoms with Crippen molar-refractivity contribution in [3.8, 4) is 0 Å². The van der Waals surface area contributed by atoms with Gasteiger partial charge in [0.2, 0.25) is 0 Å². The number of hydrogen-bond acceptors (Lipinski definition) is 3. The predicted octanol–water partition coefficient (Wildman–Crippen LogP) is 4.29. The molecule has 0 aliphatic heterocycles. The lowest BCUT2D eigenvalue weighted by atomic mass is 9.74. The Kier molecular flexibility index (Phi) is 5.09. The molecule has 0 bridgehead atoms. The van der Waals surface area contributed by atoms with Gasteiger partial charge in [0.1, 0.15) is 5.76 Å². The van der Waals surface area contributed by atoms with Gasteiger partial charge < -0.3 is 14.5 Å². The molecule has 1 saturated carbocycles. The van der Waals surface area contributed by atoms with E-state index in [4.69, 9.17) is 9.15 Å². The second-order valence-electron chi connectivity index (χ2n) is 5.57. The number of halogens is 1. The van der Waals surface area contributed by atoms with Crippen LogP contribution in [0.25, 0.3) is 0 Å². The van der Waals surface area contributed by atoms with Crippen LogP contribution in [0.4, 0.5) is 0 Å². The van der Waals surface area contributed by atoms with Crippen molar-refractivity contribution >= 4 is 15.9 Å². The number of nitrogens with one attached hydrogen (secondary N) is 1. The van der Waals surface area contributed by atoms with E-state index in [1.165, 1.54) is 12.8 Å². The molecule has 1 N–H and O–H groups in total. The highest BCUT2D eigenvalue weighted by Crippen LogP contribution is 2.44. The van der Waals surface area contributed by atoms with E-state index < -0.39 is 0 Å². The van der Waals surface area contributed by atoms with E-state index in [2.05, 4.69) is 35.1 Å². The first-order valence-corrected chi connectivity index (χ1v) is 7.93. The maximum absolute atomic E-state index is 5.98. The lowest BCUT2D eigenvalue weighted by Gasteiger charge is -2.43. The van der Waals surface area contributed by atoms with E-state index >= 15 is 0 Å². The standard InChI is InChI=1S/C15H24BrNO2/c1-4-17-14(13-12(16)7-10-19-13)15(18-3)8-5-11(2)6-9-15/h7,10-11,14,17H,4-6,8-9H2,1-3H3. The van der Waals surface area contributed by atoms with Gasteiger partial charge in [-0.1, -0.05) is 13.8 Å². The van der Waals surface area contributed by atoms with E-state index in [9.17, 15) is 0 Å². The summed E-state index contributed by atoms with van der Waals surface area (Å²) in [6.07, 6.45) is 6.33. The zero-order valence-electron chi connectivity index (χ0n) is 12.0. The van der Waals surface area contributed by atoms with Crippen molar-refractivity contribution in [3.63, 3.8) is 0 Å². The third kappa shape index (κ3) is 3.06. The van der Waals surface area contributed by atoms with Crippen molar-refractivity contribution in [3.05, 3.63) is 22.6 Å². The molecule has 108 valence electrons. The van der Waals surface area contributed by atoms with Crippen molar-refractivity contribution in [1.82, 2.24) is 5.32 Å². The molecule has 1 heterocycles. The van der Waals surface area contributed by atoms with Crippen LogP contribution in [-0.4, -0.2) is 19.3 Å². The number of likely N-dealkylation sites (N-methyl/N-ethyl adjacent to an activating group) is 1. The molecule has 19 heavy (non-hydrogen) atoms. The van der Waals surface area contributed by atoms with Gasteiger partial charge in [0.25, 0.3) is 0 Å². The zero-order valence-corrected chi connectivity index (χ0v) is 13.6. The van der Waals surface area contributed by atoms with Gasteiger partial charge in [-0.3, -0.25) is 0 Å². The maximum Gasteiger partial charge on any atom is 0.137 e. The van der Waals surface area contributed by atoms with Crippen molar-refractivity contribution in [1.29, 1.82) is 0 Å². The minimum absolute atomic E-state index is 0.111. The van der Waals surface area contributed by atoms with Crippen molar-refractivity contribution in [2.75, 3.05) is 13.7 Å². The number of ether oxygens (including phenoxy) is 1. The Balaban J connectivity index is 2.28. The number of furan rings is 1. The van der Waals surface area contributed by atoms with Crippen LogP contribution in [-0.2, 0) is 4.74 Å². The van der Waals surface area contributed by atoms with Gasteiger partial charge in [-0.15, -0.1) is 0 Å². The van der Waals surface area contributed by atoms with E-state index in [1.807, 2.05) is 13.2 Å². The van der Waals surface area contributed by atoms with Gasteiger partial charge in [0.15, 0.2) is 0 Å². The second-order valence-corrected chi connectivity index (χ2v) is 6.43. The molecule has 1 unspecified atom stereocenters. The average molecular weight is 330 g/mol. The van der Waals surface area contributed by atoms with Crippen LogP contribution in [0.1, 0.15) is 51.3 Å². The fourth-order valence-corrected chi connectivity index (χ4v) is 3.52. The van der Waals surface area contributed by atoms with Crippen LogP contribution in [0.3, 0.4) is 0 Å². The van der Waals surface area contributed by atoms with Gasteiger partial charge in [-0.2, -0.15) is 0 Å². The lowest BCUT2D eigenvalue weighted by Crippen LogP contribution is -2.47. The van der Waals surface area contributed by atoms with Crippen molar-refractivity contribution in [2.45, 2.75) is 51.2 Å². The van der Waals surface area contributed by atoms with E-state index in [-0.39, 0.29) is 11.6 Å². The number of methoxy groups -OCH3 is 1. The van der Waals surface area contributed by atoms with Crippen molar-refractivity contribution < 1.29 is 9.15 Å². The van der Waals surface area contributed by atoms with Gasteiger partial charge in [0, 0.05) is 7.11 Å². The van der Waals surface area contributed by atoms with E-state index in [0.29, 0.717) is 0 Å². The number of hydrogen-bond donors (Lipinski definition) is 1. The first kappa shape index (κ1) is 15.1. The van der Waals surface area contributed by atoms with Crippen LogP contribution < -0.4 is 5.32 Å². The van der Waals surface area contributed by atoms with Crippen LogP contribution >= 0.6 is 15.9 Å². The highest BCUT2D eigenvalue weighted by molar-refractivity contribution is 9.10. The first-order valence-electron chi connectivity index (χ1n) is 7.14. The molecule has 1 aliphatic rings. The van der Waals surface area contributed by atoms with Crippen LogP contribution in [0, 0.1) is 5.92 Å². The van der Waals surface area contributed by atoms with Gasteiger partial charge >= 0.3 is 0 Å². The van der Waals surface area contributed by atoms with E-state index in [0.717, 1.165) is 35.5 Å². The molecule has 3 nitrogen and oxygen atoms in total. The molecule has 4 heteroatoms. The van der Waals surface area contributed by atoms with Gasteiger partial charge in [-0.25, -0.2) is 0 Å². The molecular formula is C15H24BrNO2. The van der Waals surface area contributed by atoms with Crippen LogP contribution in [0.15, 0.2) is 21.2 Å². The monoisotopic (exact) mass is 329 g/mol. The molecule has 1 aliphatic carbocycles. The normalized spacial score (nSPS) is 29.4. The Morgan fingerprint density at radius 3 is 2.68 bits per heavy atom. The summed E-state index contributed by atoms with van der Waals surface area (Å²) in [5.41, 5.74) is -0.150. The van der Waals surface area contributed by atoms with Gasteiger partial charge in [0.05, 0.1) is 22.4 Å². The smallest absolute Gasteiger partial charge is 0.137 e. The second kappa shape index (κ2) is 6.42. The first-order chi connectivity index (χ1) is 9.13. The summed E-state index contributed by atoms with van der Waals surface area (Å²) >= 11 is 3.58. The van der Waals surface area contributed by atoms with E-state index in [1.54, 1.807) is 6.26 Å². The summed E-state index contributed by atoms with van der Waals surface area (Å²) < 4.78 is 12.7. The third-order valence-corrected chi connectivity index (χ3v) is 5.02. The molecular weight excluding hydrogens is 306 g/mol.